The summed E-state index contributed by atoms with van der Waals surface area (Å²) in [5.74, 6) is 1.56. The van der Waals surface area contributed by atoms with Gasteiger partial charge < -0.3 is 24.5 Å². The van der Waals surface area contributed by atoms with Gasteiger partial charge in [-0.15, -0.1) is 0 Å². The average molecular weight is 448 g/mol. The van der Waals surface area contributed by atoms with Crippen LogP contribution in [0.25, 0.3) is 33.7 Å². The first-order chi connectivity index (χ1) is 15.8. The second kappa shape index (κ2) is 7.84. The highest BCUT2D eigenvalue weighted by Gasteiger charge is 2.37. The maximum atomic E-state index is 13.2. The average Bonchev–Trinajstić information content (AvgIpc) is 3.44. The number of hydrogen-bond acceptors (Lipinski definition) is 6. The molecule has 2 N–H and O–H groups in total. The maximum absolute atomic E-state index is 13.2. The number of carbonyl (C=O) groups is 1. The molecule has 5 rings (SSSR count). The van der Waals surface area contributed by atoms with E-state index in [9.17, 15) is 4.79 Å². The number of imidazole rings is 1. The van der Waals surface area contributed by atoms with E-state index in [4.69, 9.17) is 15.5 Å². The molecule has 4 aromatic heterocycles. The highest BCUT2D eigenvalue weighted by molar-refractivity contribution is 5.97. The Morgan fingerprint density at radius 1 is 1.21 bits per heavy atom. The van der Waals surface area contributed by atoms with E-state index in [0.717, 1.165) is 34.7 Å². The fourth-order valence-corrected chi connectivity index (χ4v) is 4.87. The second-order valence-corrected chi connectivity index (χ2v) is 8.85. The van der Waals surface area contributed by atoms with Gasteiger partial charge in [-0.05, 0) is 38.0 Å². The molecule has 9 nitrogen and oxygen atoms in total. The lowest BCUT2D eigenvalue weighted by Crippen LogP contribution is -2.41. The molecule has 9 heteroatoms. The molecule has 1 saturated heterocycles. The molecule has 0 spiro atoms. The van der Waals surface area contributed by atoms with Crippen LogP contribution in [0, 0.1) is 5.92 Å². The monoisotopic (exact) mass is 447 g/mol. The molecule has 33 heavy (non-hydrogen) atoms. The third-order valence-electron chi connectivity index (χ3n) is 6.88. The molecule has 3 atom stereocenters. The Hall–Kier alpha value is -3.46. The lowest BCUT2D eigenvalue weighted by Gasteiger charge is -2.23. The Morgan fingerprint density at radius 2 is 2.00 bits per heavy atom. The van der Waals surface area contributed by atoms with Crippen molar-refractivity contribution in [3.63, 3.8) is 0 Å². The maximum Gasteiger partial charge on any atom is 0.255 e. The fraction of sp³-hybridized carbons (Fsp3) is 0.417. The van der Waals surface area contributed by atoms with Gasteiger partial charge in [0.2, 0.25) is 5.88 Å². The predicted octanol–water partition coefficient (Wildman–Crippen LogP) is 2.82. The quantitative estimate of drug-likeness (QED) is 0.516. The highest BCUT2D eigenvalue weighted by atomic mass is 16.5. The predicted molar refractivity (Wildman–Crippen MR) is 127 cm³/mol. The number of aryl methyl sites for hydroxylation is 2. The Bertz CT molecular complexity index is 1370. The van der Waals surface area contributed by atoms with Gasteiger partial charge in [-0.1, -0.05) is 6.92 Å². The SMILES string of the molecule is CCn1c(-c2nc3cc(C(=O)N4C[C@@H](C)[C@@H](N)[C@H]4C)cnc3n2C)cc2ccc(OC)nc21. The normalized spacial score (nSPS) is 20.8. The van der Waals surface area contributed by atoms with Gasteiger partial charge in [-0.25, -0.2) is 9.97 Å². The molecule has 172 valence electrons. The molecule has 0 radical (unpaired) electrons. The largest absolute Gasteiger partial charge is 0.481 e. The van der Waals surface area contributed by atoms with E-state index < -0.39 is 0 Å². The number of likely N-dealkylation sites (tertiary alicyclic amines) is 1. The lowest BCUT2D eigenvalue weighted by molar-refractivity contribution is 0.0739. The van der Waals surface area contributed by atoms with Crippen LogP contribution >= 0.6 is 0 Å². The van der Waals surface area contributed by atoms with Crippen molar-refractivity contribution in [3.8, 4) is 17.4 Å². The Labute approximate surface area is 192 Å². The molecule has 5 heterocycles. The Morgan fingerprint density at radius 3 is 2.67 bits per heavy atom. The van der Waals surface area contributed by atoms with Gasteiger partial charge in [0.15, 0.2) is 11.5 Å². The minimum absolute atomic E-state index is 0.00718. The second-order valence-electron chi connectivity index (χ2n) is 8.85. The number of aromatic nitrogens is 5. The number of nitrogens with two attached hydrogens (primary N) is 1. The molecule has 4 aromatic rings. The number of rotatable bonds is 4. The van der Waals surface area contributed by atoms with Gasteiger partial charge in [-0.3, -0.25) is 4.79 Å². The van der Waals surface area contributed by atoms with E-state index in [1.54, 1.807) is 13.3 Å². The molecule has 0 aliphatic carbocycles. The third kappa shape index (κ3) is 3.26. The smallest absolute Gasteiger partial charge is 0.255 e. The summed E-state index contributed by atoms with van der Waals surface area (Å²) < 4.78 is 9.37. The summed E-state index contributed by atoms with van der Waals surface area (Å²) in [6, 6.07) is 7.73. The molecular weight excluding hydrogens is 418 g/mol. The van der Waals surface area contributed by atoms with Crippen molar-refractivity contribution in [1.82, 2.24) is 29.0 Å². The molecule has 0 unspecified atom stereocenters. The molecular formula is C24H29N7O2. The Kier molecular flexibility index (Phi) is 5.08. The minimum atomic E-state index is -0.0529. The van der Waals surface area contributed by atoms with E-state index in [1.807, 2.05) is 41.6 Å². The van der Waals surface area contributed by atoms with Crippen molar-refractivity contribution in [3.05, 3.63) is 36.0 Å². The molecule has 1 aliphatic heterocycles. The first kappa shape index (κ1) is 21.4. The molecule has 0 aromatic carbocycles. The van der Waals surface area contributed by atoms with Crippen molar-refractivity contribution in [2.75, 3.05) is 13.7 Å². The first-order valence-electron chi connectivity index (χ1n) is 11.3. The number of fused-ring (bicyclic) bond motifs is 2. The number of methoxy groups -OCH3 is 1. The van der Waals surface area contributed by atoms with Crippen LogP contribution in [0.15, 0.2) is 30.5 Å². The number of ether oxygens (including phenoxy) is 1. The van der Waals surface area contributed by atoms with Gasteiger partial charge in [-0.2, -0.15) is 4.98 Å². The van der Waals surface area contributed by atoms with E-state index in [0.29, 0.717) is 23.5 Å². The highest BCUT2D eigenvalue weighted by Crippen LogP contribution is 2.30. The minimum Gasteiger partial charge on any atom is -0.481 e. The number of pyridine rings is 2. The van der Waals surface area contributed by atoms with Crippen LogP contribution < -0.4 is 10.5 Å². The fourth-order valence-electron chi connectivity index (χ4n) is 4.87. The third-order valence-corrected chi connectivity index (χ3v) is 6.88. The van der Waals surface area contributed by atoms with Crippen LogP contribution in [0.4, 0.5) is 0 Å². The van der Waals surface area contributed by atoms with Crippen molar-refractivity contribution in [1.29, 1.82) is 0 Å². The number of hydrogen-bond donors (Lipinski definition) is 1. The standard InChI is InChI=1S/C24H29N7O2/c1-6-30-18(10-15-7-8-19(33-5)28-21(15)30)23-27-17-9-16(11-26-22(17)29(23)4)24(32)31-12-13(2)20(25)14(31)3/h7-11,13-14,20H,6,12,25H2,1-5H3/t13-,14-,20-/m1/s1. The van der Waals surface area contributed by atoms with E-state index in [1.165, 1.54) is 0 Å². The summed E-state index contributed by atoms with van der Waals surface area (Å²) in [4.78, 5) is 29.1. The lowest BCUT2D eigenvalue weighted by atomic mass is 10.0. The summed E-state index contributed by atoms with van der Waals surface area (Å²) in [7, 11) is 3.55. The summed E-state index contributed by atoms with van der Waals surface area (Å²) >= 11 is 0. The zero-order chi connectivity index (χ0) is 23.4. The molecule has 1 amide bonds. The number of carbonyl (C=O) groups excluding carboxylic acids is 1. The summed E-state index contributed by atoms with van der Waals surface area (Å²) in [5.41, 5.74) is 9.96. The number of amides is 1. The van der Waals surface area contributed by atoms with E-state index >= 15 is 0 Å². The van der Waals surface area contributed by atoms with Crippen molar-refractivity contribution >= 4 is 28.1 Å². The van der Waals surface area contributed by atoms with Crippen molar-refractivity contribution in [2.24, 2.45) is 18.7 Å². The van der Waals surface area contributed by atoms with E-state index in [-0.39, 0.29) is 23.9 Å². The van der Waals surface area contributed by atoms with Crippen LogP contribution in [0.3, 0.4) is 0 Å². The van der Waals surface area contributed by atoms with Crippen LogP contribution in [0.2, 0.25) is 0 Å². The topological polar surface area (TPSA) is 104 Å². The van der Waals surface area contributed by atoms with Crippen molar-refractivity contribution in [2.45, 2.75) is 39.4 Å². The van der Waals surface area contributed by atoms with Crippen LogP contribution in [0.1, 0.15) is 31.1 Å². The molecule has 0 saturated carbocycles. The van der Waals surface area contributed by atoms with Crippen LogP contribution in [-0.4, -0.2) is 60.6 Å². The first-order valence-corrected chi connectivity index (χ1v) is 11.3. The Balaban J connectivity index is 1.58. The van der Waals surface area contributed by atoms with Crippen molar-refractivity contribution < 1.29 is 9.53 Å². The number of nitrogens with zero attached hydrogens (tertiary/aromatic N) is 6. The van der Waals surface area contributed by atoms with E-state index in [2.05, 4.69) is 34.4 Å². The summed E-state index contributed by atoms with van der Waals surface area (Å²) in [6.07, 6.45) is 1.64. The zero-order valence-corrected chi connectivity index (χ0v) is 19.6. The molecule has 0 bridgehead atoms. The van der Waals surface area contributed by atoms with Gasteiger partial charge in [0.05, 0.1) is 18.4 Å². The van der Waals surface area contributed by atoms with Gasteiger partial charge >= 0.3 is 0 Å². The summed E-state index contributed by atoms with van der Waals surface area (Å²) in [5, 5.41) is 1.01. The van der Waals surface area contributed by atoms with Crippen LogP contribution in [-0.2, 0) is 13.6 Å². The summed E-state index contributed by atoms with van der Waals surface area (Å²) in [6.45, 7) is 7.54. The molecule has 1 aliphatic rings. The zero-order valence-electron chi connectivity index (χ0n) is 19.6. The molecule has 1 fully saturated rings. The van der Waals surface area contributed by atoms with Gasteiger partial charge in [0, 0.05) is 49.9 Å². The van der Waals surface area contributed by atoms with Crippen LogP contribution in [0.5, 0.6) is 5.88 Å². The van der Waals surface area contributed by atoms with Gasteiger partial charge in [0.1, 0.15) is 11.2 Å². The van der Waals surface area contributed by atoms with Gasteiger partial charge in [0.25, 0.3) is 5.91 Å².